The summed E-state index contributed by atoms with van der Waals surface area (Å²) in [6, 6.07) is 4.80. The van der Waals surface area contributed by atoms with Crippen LogP contribution in [-0.2, 0) is 4.74 Å². The fourth-order valence-electron chi connectivity index (χ4n) is 1.08. The van der Waals surface area contributed by atoms with Crippen molar-refractivity contribution in [3.8, 4) is 6.07 Å². The van der Waals surface area contributed by atoms with Crippen LogP contribution in [0.25, 0.3) is 0 Å². The third-order valence-corrected chi connectivity index (χ3v) is 2.26. The van der Waals surface area contributed by atoms with Gasteiger partial charge < -0.3 is 4.74 Å². The largest absolute Gasteiger partial charge is 0.462 e. The zero-order valence-corrected chi connectivity index (χ0v) is 9.60. The molecule has 1 aromatic carbocycles. The Bertz CT molecular complexity index is 440. The topological polar surface area (TPSA) is 50.1 Å². The Kier molecular flexibility index (Phi) is 4.01. The van der Waals surface area contributed by atoms with Crippen molar-refractivity contribution in [2.45, 2.75) is 11.8 Å². The van der Waals surface area contributed by atoms with E-state index in [1.807, 2.05) is 6.07 Å². The SMILES string of the molecule is CCOC(=O)c1cc(Cl)cc(S)c1C#N. The molecule has 0 N–H and O–H groups in total. The van der Waals surface area contributed by atoms with Crippen LogP contribution in [0.3, 0.4) is 0 Å². The molecule has 0 radical (unpaired) electrons. The monoisotopic (exact) mass is 241 g/mol. The Labute approximate surface area is 98.0 Å². The highest BCUT2D eigenvalue weighted by Crippen LogP contribution is 2.24. The number of nitrogens with zero attached hydrogens (tertiary/aromatic N) is 1. The highest BCUT2D eigenvalue weighted by Gasteiger charge is 2.15. The summed E-state index contributed by atoms with van der Waals surface area (Å²) in [6.45, 7) is 1.94. The molecule has 15 heavy (non-hydrogen) atoms. The van der Waals surface area contributed by atoms with E-state index < -0.39 is 5.97 Å². The number of nitriles is 1. The quantitative estimate of drug-likeness (QED) is 0.640. The second kappa shape index (κ2) is 5.06. The van der Waals surface area contributed by atoms with Crippen molar-refractivity contribution in [3.63, 3.8) is 0 Å². The minimum absolute atomic E-state index is 0.150. The number of carbonyl (C=O) groups excluding carboxylic acids is 1. The second-order valence-corrected chi connectivity index (χ2v) is 3.60. The Hall–Kier alpha value is -1.18. The first-order valence-electron chi connectivity index (χ1n) is 4.19. The summed E-state index contributed by atoms with van der Waals surface area (Å²) in [5.74, 6) is -0.563. The van der Waals surface area contributed by atoms with Gasteiger partial charge in [0.05, 0.1) is 17.7 Å². The zero-order chi connectivity index (χ0) is 11.4. The molecule has 0 amide bonds. The highest BCUT2D eigenvalue weighted by molar-refractivity contribution is 7.80. The molecule has 0 unspecified atom stereocenters. The number of carbonyl (C=O) groups is 1. The summed E-state index contributed by atoms with van der Waals surface area (Å²) in [5.41, 5.74) is 0.332. The maximum atomic E-state index is 11.5. The molecule has 78 valence electrons. The average Bonchev–Trinajstić information content (AvgIpc) is 2.17. The van der Waals surface area contributed by atoms with E-state index in [4.69, 9.17) is 21.6 Å². The van der Waals surface area contributed by atoms with Crippen LogP contribution in [0.2, 0.25) is 5.02 Å². The van der Waals surface area contributed by atoms with E-state index in [0.29, 0.717) is 9.92 Å². The van der Waals surface area contributed by atoms with Crippen LogP contribution in [0.5, 0.6) is 0 Å². The van der Waals surface area contributed by atoms with E-state index in [9.17, 15) is 4.79 Å². The van der Waals surface area contributed by atoms with Crippen LogP contribution in [-0.4, -0.2) is 12.6 Å². The fourth-order valence-corrected chi connectivity index (χ4v) is 1.68. The molecule has 0 aromatic heterocycles. The molecule has 0 saturated carbocycles. The van der Waals surface area contributed by atoms with Crippen molar-refractivity contribution in [1.29, 1.82) is 5.26 Å². The third-order valence-electron chi connectivity index (χ3n) is 1.69. The van der Waals surface area contributed by atoms with E-state index in [2.05, 4.69) is 12.6 Å². The van der Waals surface area contributed by atoms with Gasteiger partial charge in [-0.05, 0) is 19.1 Å². The first kappa shape index (κ1) is 11.9. The molecule has 0 aliphatic carbocycles. The summed E-state index contributed by atoms with van der Waals surface area (Å²) in [6.07, 6.45) is 0. The Morgan fingerprint density at radius 2 is 2.33 bits per heavy atom. The first-order valence-corrected chi connectivity index (χ1v) is 5.02. The normalized spacial score (nSPS) is 9.47. The average molecular weight is 242 g/mol. The molecule has 0 saturated heterocycles. The molecule has 0 bridgehead atoms. The number of esters is 1. The van der Waals surface area contributed by atoms with Crippen LogP contribution in [0.1, 0.15) is 22.8 Å². The lowest BCUT2D eigenvalue weighted by atomic mass is 10.1. The van der Waals surface area contributed by atoms with Gasteiger partial charge in [-0.3, -0.25) is 0 Å². The van der Waals surface area contributed by atoms with Gasteiger partial charge in [-0.2, -0.15) is 5.26 Å². The lowest BCUT2D eigenvalue weighted by molar-refractivity contribution is 0.0525. The van der Waals surface area contributed by atoms with Gasteiger partial charge in [0.2, 0.25) is 0 Å². The van der Waals surface area contributed by atoms with Crippen molar-refractivity contribution in [2.24, 2.45) is 0 Å². The van der Waals surface area contributed by atoms with Gasteiger partial charge in [0.1, 0.15) is 6.07 Å². The molecule has 1 rings (SSSR count). The summed E-state index contributed by atoms with van der Waals surface area (Å²) >= 11 is 9.82. The molecule has 0 aliphatic rings. The summed E-state index contributed by atoms with van der Waals surface area (Å²) in [5, 5.41) is 9.21. The number of ether oxygens (including phenoxy) is 1. The molecular formula is C10H8ClNO2S. The van der Waals surface area contributed by atoms with E-state index in [1.165, 1.54) is 12.1 Å². The predicted molar refractivity (Wildman–Crippen MR) is 59.4 cm³/mol. The molecule has 1 aromatic rings. The summed E-state index contributed by atoms with van der Waals surface area (Å²) in [4.78, 5) is 11.8. The summed E-state index contributed by atoms with van der Waals surface area (Å²) in [7, 11) is 0. The zero-order valence-electron chi connectivity index (χ0n) is 7.95. The predicted octanol–water partition coefficient (Wildman–Crippen LogP) is 2.68. The maximum Gasteiger partial charge on any atom is 0.339 e. The van der Waals surface area contributed by atoms with Crippen molar-refractivity contribution in [3.05, 3.63) is 28.3 Å². The lowest BCUT2D eigenvalue weighted by Gasteiger charge is -2.06. The second-order valence-electron chi connectivity index (χ2n) is 2.68. The molecule has 0 heterocycles. The van der Waals surface area contributed by atoms with Gasteiger partial charge in [-0.25, -0.2) is 4.79 Å². The minimum atomic E-state index is -0.563. The van der Waals surface area contributed by atoms with Crippen LogP contribution < -0.4 is 0 Å². The van der Waals surface area contributed by atoms with Gasteiger partial charge in [0.25, 0.3) is 0 Å². The van der Waals surface area contributed by atoms with Gasteiger partial charge in [-0.1, -0.05) is 11.6 Å². The number of thiol groups is 1. The van der Waals surface area contributed by atoms with Crippen molar-refractivity contribution in [1.82, 2.24) is 0 Å². The van der Waals surface area contributed by atoms with Crippen LogP contribution >= 0.6 is 24.2 Å². The minimum Gasteiger partial charge on any atom is -0.462 e. The lowest BCUT2D eigenvalue weighted by Crippen LogP contribution is -2.07. The van der Waals surface area contributed by atoms with E-state index in [-0.39, 0.29) is 17.7 Å². The Morgan fingerprint density at radius 1 is 1.67 bits per heavy atom. The third kappa shape index (κ3) is 2.65. The Morgan fingerprint density at radius 3 is 2.87 bits per heavy atom. The molecule has 0 spiro atoms. The molecular weight excluding hydrogens is 234 g/mol. The van der Waals surface area contributed by atoms with E-state index in [1.54, 1.807) is 6.92 Å². The van der Waals surface area contributed by atoms with E-state index in [0.717, 1.165) is 0 Å². The van der Waals surface area contributed by atoms with Crippen LogP contribution in [0.15, 0.2) is 17.0 Å². The standard InChI is InChI=1S/C10H8ClNO2S/c1-2-14-10(13)7-3-6(11)4-9(15)8(7)5-12/h3-4,15H,2H2,1H3. The van der Waals surface area contributed by atoms with E-state index >= 15 is 0 Å². The van der Waals surface area contributed by atoms with Crippen LogP contribution in [0.4, 0.5) is 0 Å². The number of halogens is 1. The van der Waals surface area contributed by atoms with Crippen LogP contribution in [0, 0.1) is 11.3 Å². The molecule has 5 heteroatoms. The highest BCUT2D eigenvalue weighted by atomic mass is 35.5. The van der Waals surface area contributed by atoms with Gasteiger partial charge in [0.15, 0.2) is 0 Å². The smallest absolute Gasteiger partial charge is 0.339 e. The number of hydrogen-bond donors (Lipinski definition) is 1. The molecule has 0 aliphatic heterocycles. The van der Waals surface area contributed by atoms with Crippen molar-refractivity contribution < 1.29 is 9.53 Å². The maximum absolute atomic E-state index is 11.5. The number of benzene rings is 1. The van der Waals surface area contributed by atoms with Gasteiger partial charge >= 0.3 is 5.97 Å². The molecule has 0 atom stereocenters. The number of rotatable bonds is 2. The first-order chi connectivity index (χ1) is 7.10. The molecule has 0 fully saturated rings. The fraction of sp³-hybridized carbons (Fsp3) is 0.200. The van der Waals surface area contributed by atoms with Gasteiger partial charge in [0, 0.05) is 9.92 Å². The van der Waals surface area contributed by atoms with Crippen molar-refractivity contribution >= 4 is 30.2 Å². The summed E-state index contributed by atoms with van der Waals surface area (Å²) < 4.78 is 4.80. The Balaban J connectivity index is 3.28. The van der Waals surface area contributed by atoms with Crippen molar-refractivity contribution in [2.75, 3.05) is 6.61 Å². The molecule has 3 nitrogen and oxygen atoms in total. The number of hydrogen-bond acceptors (Lipinski definition) is 4. The van der Waals surface area contributed by atoms with Gasteiger partial charge in [-0.15, -0.1) is 12.6 Å².